The number of carboxylic acid groups (broad SMARTS) is 1. The molecule has 0 bridgehead atoms. The van der Waals surface area contributed by atoms with Gasteiger partial charge in [-0.15, -0.1) is 0 Å². The van der Waals surface area contributed by atoms with Crippen molar-refractivity contribution in [2.75, 3.05) is 13.2 Å². The molecule has 4 atom stereocenters. The van der Waals surface area contributed by atoms with Crippen LogP contribution in [0.2, 0.25) is 0 Å². The molecular formula is C14H14O7Zn. The van der Waals surface area contributed by atoms with E-state index in [0.29, 0.717) is 0 Å². The van der Waals surface area contributed by atoms with Gasteiger partial charge in [-0.3, -0.25) is 0 Å². The van der Waals surface area contributed by atoms with Crippen molar-refractivity contribution in [2.24, 2.45) is 0 Å². The zero-order valence-electron chi connectivity index (χ0n) is 11.7. The predicted molar refractivity (Wildman–Crippen MR) is 68.1 cm³/mol. The number of aliphatic hydroxyl groups is 1. The van der Waals surface area contributed by atoms with Crippen LogP contribution in [0.4, 0.5) is 0 Å². The summed E-state index contributed by atoms with van der Waals surface area (Å²) in [5.74, 6) is -1.64. The van der Waals surface area contributed by atoms with Crippen LogP contribution in [0, 0.1) is 0 Å². The number of rotatable bonds is 3. The van der Waals surface area contributed by atoms with Crippen molar-refractivity contribution in [3.05, 3.63) is 35.4 Å². The molecule has 2 N–H and O–H groups in total. The van der Waals surface area contributed by atoms with Crippen molar-refractivity contribution in [1.29, 1.82) is 0 Å². The number of aliphatic hydroxyl groups excluding tert-OH is 1. The fourth-order valence-electron chi connectivity index (χ4n) is 2.50. The Morgan fingerprint density at radius 3 is 2.27 bits per heavy atom. The van der Waals surface area contributed by atoms with Crippen molar-refractivity contribution in [3.63, 3.8) is 0 Å². The third-order valence-corrected chi connectivity index (χ3v) is 3.61. The van der Waals surface area contributed by atoms with Gasteiger partial charge in [0.25, 0.3) is 0 Å². The number of aromatic carboxylic acids is 1. The van der Waals surface area contributed by atoms with Gasteiger partial charge in [0.15, 0.2) is 6.10 Å². The van der Waals surface area contributed by atoms with Crippen molar-refractivity contribution in [1.82, 2.24) is 0 Å². The molecule has 0 spiro atoms. The Balaban J connectivity index is 0.00000176. The van der Waals surface area contributed by atoms with E-state index in [1.165, 1.54) is 24.3 Å². The molecule has 2 fully saturated rings. The van der Waals surface area contributed by atoms with Crippen LogP contribution in [0.3, 0.4) is 0 Å². The Morgan fingerprint density at radius 1 is 1.05 bits per heavy atom. The normalized spacial score (nSPS) is 29.5. The Kier molecular flexibility index (Phi) is 5.29. The van der Waals surface area contributed by atoms with Gasteiger partial charge in [0.1, 0.15) is 18.3 Å². The first kappa shape index (κ1) is 17.0. The zero-order valence-corrected chi connectivity index (χ0v) is 14.6. The summed E-state index contributed by atoms with van der Waals surface area (Å²) in [4.78, 5) is 22.8. The molecule has 114 valence electrons. The number of hydrogen-bond acceptors (Lipinski definition) is 6. The average molecular weight is 360 g/mol. The van der Waals surface area contributed by atoms with Gasteiger partial charge in [-0.2, -0.15) is 0 Å². The molecule has 2 heterocycles. The van der Waals surface area contributed by atoms with E-state index in [1.807, 2.05) is 0 Å². The second kappa shape index (κ2) is 6.83. The van der Waals surface area contributed by atoms with Crippen molar-refractivity contribution in [2.45, 2.75) is 24.4 Å². The molecule has 7 nitrogen and oxygen atoms in total. The predicted octanol–water partition coefficient (Wildman–Crippen LogP) is 0.0662. The van der Waals surface area contributed by atoms with E-state index in [-0.39, 0.29) is 43.8 Å². The minimum Gasteiger partial charge on any atom is -0.478 e. The molecule has 0 aliphatic carbocycles. The molecule has 22 heavy (non-hydrogen) atoms. The Labute approximate surface area is 138 Å². The molecule has 8 heteroatoms. The maximum atomic E-state index is 12.0. The van der Waals surface area contributed by atoms with Gasteiger partial charge < -0.3 is 24.4 Å². The van der Waals surface area contributed by atoms with E-state index >= 15 is 0 Å². The number of carbonyl (C=O) groups excluding carboxylic acids is 1. The molecule has 0 saturated carbocycles. The van der Waals surface area contributed by atoms with Gasteiger partial charge in [-0.05, 0) is 24.3 Å². The average Bonchev–Trinajstić information content (AvgIpc) is 3.03. The number of benzene rings is 1. The molecule has 0 amide bonds. The van der Waals surface area contributed by atoms with Crippen LogP contribution >= 0.6 is 0 Å². The number of esters is 1. The Bertz CT molecular complexity index is 559. The zero-order chi connectivity index (χ0) is 15.0. The Morgan fingerprint density at radius 2 is 1.64 bits per heavy atom. The van der Waals surface area contributed by atoms with Crippen molar-refractivity contribution < 1.29 is 53.5 Å². The summed E-state index contributed by atoms with van der Waals surface area (Å²) in [6.07, 6.45) is -2.19. The summed E-state index contributed by atoms with van der Waals surface area (Å²) in [5, 5.41) is 18.4. The molecule has 1 aromatic rings. The number of carbonyl (C=O) groups is 2. The first-order valence-electron chi connectivity index (χ1n) is 6.52. The van der Waals surface area contributed by atoms with Crippen LogP contribution in [-0.2, 0) is 33.7 Å². The monoisotopic (exact) mass is 358 g/mol. The molecule has 0 radical (unpaired) electrons. The Hall–Kier alpha value is -1.34. The summed E-state index contributed by atoms with van der Waals surface area (Å²) >= 11 is 0. The van der Waals surface area contributed by atoms with Gasteiger partial charge in [-0.1, -0.05) is 0 Å². The minimum atomic E-state index is -1.06. The smallest absolute Gasteiger partial charge is 0.338 e. The third kappa shape index (κ3) is 3.20. The summed E-state index contributed by atoms with van der Waals surface area (Å²) in [7, 11) is 0. The van der Waals surface area contributed by atoms with E-state index in [4.69, 9.17) is 19.3 Å². The quantitative estimate of drug-likeness (QED) is 0.581. The molecule has 2 saturated heterocycles. The largest absolute Gasteiger partial charge is 0.478 e. The van der Waals surface area contributed by atoms with Gasteiger partial charge in [0.2, 0.25) is 0 Å². The van der Waals surface area contributed by atoms with Crippen LogP contribution in [0.5, 0.6) is 0 Å². The van der Waals surface area contributed by atoms with Crippen LogP contribution < -0.4 is 0 Å². The molecule has 0 aromatic heterocycles. The maximum absolute atomic E-state index is 12.0. The molecular weight excluding hydrogens is 346 g/mol. The molecule has 3 rings (SSSR count). The number of carboxylic acids is 1. The van der Waals surface area contributed by atoms with Crippen LogP contribution in [0.15, 0.2) is 24.3 Å². The maximum Gasteiger partial charge on any atom is 0.338 e. The third-order valence-electron chi connectivity index (χ3n) is 3.61. The van der Waals surface area contributed by atoms with E-state index in [1.54, 1.807) is 0 Å². The van der Waals surface area contributed by atoms with E-state index < -0.39 is 36.4 Å². The second-order valence-electron chi connectivity index (χ2n) is 4.99. The summed E-state index contributed by atoms with van der Waals surface area (Å²) in [5.41, 5.74) is 0.347. The standard InChI is InChI=1S/C14H14O7.Zn/c15-9-5-19-12-10(6-20-11(9)12)21-14(18)8-3-1-7(2-4-8)13(16)17;/h1-4,9-12,15H,5-6H2,(H,16,17);/t9-,10+,11?,12?;/m0./s1. The van der Waals surface area contributed by atoms with Crippen molar-refractivity contribution in [3.8, 4) is 0 Å². The summed E-state index contributed by atoms with van der Waals surface area (Å²) < 4.78 is 16.0. The van der Waals surface area contributed by atoms with Gasteiger partial charge >= 0.3 is 11.9 Å². The molecule has 2 unspecified atom stereocenters. The van der Waals surface area contributed by atoms with Crippen LogP contribution in [0.1, 0.15) is 20.7 Å². The fourth-order valence-corrected chi connectivity index (χ4v) is 2.50. The fraction of sp³-hybridized carbons (Fsp3) is 0.429. The van der Waals surface area contributed by atoms with Gasteiger partial charge in [-0.25, -0.2) is 9.59 Å². The van der Waals surface area contributed by atoms with E-state index in [2.05, 4.69) is 0 Å². The van der Waals surface area contributed by atoms with Gasteiger partial charge in [0, 0.05) is 19.5 Å². The van der Waals surface area contributed by atoms with Gasteiger partial charge in [0.05, 0.1) is 24.3 Å². The van der Waals surface area contributed by atoms with Crippen LogP contribution in [0.25, 0.3) is 0 Å². The topological polar surface area (TPSA) is 102 Å². The van der Waals surface area contributed by atoms with E-state index in [0.717, 1.165) is 0 Å². The first-order chi connectivity index (χ1) is 10.1. The van der Waals surface area contributed by atoms with Crippen molar-refractivity contribution >= 4 is 11.9 Å². The number of ether oxygens (including phenoxy) is 3. The van der Waals surface area contributed by atoms with E-state index in [9.17, 15) is 14.7 Å². The molecule has 2 aliphatic rings. The summed E-state index contributed by atoms with van der Waals surface area (Å²) in [6.45, 7) is 0.335. The summed E-state index contributed by atoms with van der Waals surface area (Å²) in [6, 6.07) is 5.46. The molecule has 1 aromatic carbocycles. The molecule has 2 aliphatic heterocycles. The first-order valence-corrected chi connectivity index (χ1v) is 6.52. The SMILES string of the molecule is O=C(O)c1ccc(C(=O)O[C@@H]2COC3C2OC[C@@H]3O)cc1.[Zn]. The second-order valence-corrected chi connectivity index (χ2v) is 4.99. The number of hydrogen-bond donors (Lipinski definition) is 2. The minimum absolute atomic E-state index is 0. The number of fused-ring (bicyclic) bond motifs is 1. The van der Waals surface area contributed by atoms with Crippen LogP contribution in [-0.4, -0.2) is 59.8 Å².